The highest BCUT2D eigenvalue weighted by Gasteiger charge is 2.15. The second kappa shape index (κ2) is 7.64. The lowest BCUT2D eigenvalue weighted by Crippen LogP contribution is -2.09. The number of nitrogens with two attached hydrogens (primary N) is 2. The van der Waals surface area contributed by atoms with Crippen molar-refractivity contribution < 1.29 is 0 Å². The van der Waals surface area contributed by atoms with E-state index in [2.05, 4.69) is 11.1 Å². The van der Waals surface area contributed by atoms with Crippen LogP contribution in [0, 0.1) is 0 Å². The minimum atomic E-state index is 0.816. The molecule has 0 amide bonds. The number of hydrogen-bond acceptors (Lipinski definition) is 4. The van der Waals surface area contributed by atoms with Crippen molar-refractivity contribution in [3.8, 4) is 0 Å². The number of fused-ring (bicyclic) bond motifs is 4. The van der Waals surface area contributed by atoms with Gasteiger partial charge in [-0.15, -0.1) is 0 Å². The second-order valence-electron chi connectivity index (χ2n) is 7.73. The quantitative estimate of drug-likeness (QED) is 0.333. The molecule has 30 heavy (non-hydrogen) atoms. The Morgan fingerprint density at radius 1 is 0.533 bits per heavy atom. The standard InChI is InChI=1S/C13H14N2.C13H10N2/c2*14-13-9-5-1-3-7-11(9)15-12-8-4-2-6-10(12)13/h1,3,5,7H,2,4,6,8H2,(H2,14,15);1-8H,(H2,14,15). The Morgan fingerprint density at radius 2 is 1.00 bits per heavy atom. The number of aryl methyl sites for hydroxylation is 1. The first-order chi connectivity index (χ1) is 14.7. The maximum Gasteiger partial charge on any atom is 0.0730 e. The van der Waals surface area contributed by atoms with Gasteiger partial charge in [0.15, 0.2) is 0 Å². The third-order valence-electron chi connectivity index (χ3n) is 5.84. The highest BCUT2D eigenvalue weighted by Crippen LogP contribution is 2.30. The molecule has 0 spiro atoms. The van der Waals surface area contributed by atoms with Crippen molar-refractivity contribution >= 4 is 44.1 Å². The molecule has 148 valence electrons. The Morgan fingerprint density at radius 3 is 1.60 bits per heavy atom. The average Bonchev–Trinajstić information content (AvgIpc) is 2.80. The monoisotopic (exact) mass is 392 g/mol. The van der Waals surface area contributed by atoms with Gasteiger partial charge in [0.1, 0.15) is 0 Å². The fraction of sp³-hybridized carbons (Fsp3) is 0.154. The van der Waals surface area contributed by atoms with Crippen molar-refractivity contribution in [2.24, 2.45) is 0 Å². The molecule has 6 rings (SSSR count). The third kappa shape index (κ3) is 3.20. The summed E-state index contributed by atoms with van der Waals surface area (Å²) >= 11 is 0. The number of nitrogens with zero attached hydrogens (tertiary/aromatic N) is 2. The SMILES string of the molecule is Nc1c2c(nc3ccccc13)CCCC2.Nc1c2ccccc2nc2ccccc12. The van der Waals surface area contributed by atoms with E-state index in [0.717, 1.165) is 56.9 Å². The average molecular weight is 393 g/mol. The van der Waals surface area contributed by atoms with Gasteiger partial charge in [0.25, 0.3) is 0 Å². The van der Waals surface area contributed by atoms with Gasteiger partial charge < -0.3 is 11.5 Å². The van der Waals surface area contributed by atoms with Crippen LogP contribution in [0.1, 0.15) is 24.1 Å². The van der Waals surface area contributed by atoms with E-state index in [4.69, 9.17) is 16.5 Å². The van der Waals surface area contributed by atoms with Gasteiger partial charge in [-0.05, 0) is 49.4 Å². The van der Waals surface area contributed by atoms with Crippen molar-refractivity contribution in [1.29, 1.82) is 0 Å². The van der Waals surface area contributed by atoms with Gasteiger partial charge in [-0.3, -0.25) is 4.98 Å². The lowest BCUT2D eigenvalue weighted by Gasteiger charge is -2.18. The molecule has 2 heterocycles. The normalized spacial score (nSPS) is 13.1. The summed E-state index contributed by atoms with van der Waals surface area (Å²) in [6.45, 7) is 0. The molecule has 1 aliphatic rings. The Labute approximate surface area is 175 Å². The van der Waals surface area contributed by atoms with E-state index in [1.54, 1.807) is 0 Å². The van der Waals surface area contributed by atoms with Gasteiger partial charge in [-0.2, -0.15) is 0 Å². The summed E-state index contributed by atoms with van der Waals surface area (Å²) in [5, 5.41) is 3.16. The van der Waals surface area contributed by atoms with Crippen LogP contribution in [0.5, 0.6) is 0 Å². The number of pyridine rings is 2. The van der Waals surface area contributed by atoms with Crippen molar-refractivity contribution in [3.05, 3.63) is 84.1 Å². The number of hydrogen-bond donors (Lipinski definition) is 2. The third-order valence-corrected chi connectivity index (χ3v) is 5.84. The number of benzene rings is 3. The fourth-order valence-corrected chi connectivity index (χ4v) is 4.28. The summed E-state index contributed by atoms with van der Waals surface area (Å²) in [6, 6.07) is 24.0. The molecule has 0 saturated heterocycles. The Hall–Kier alpha value is -3.66. The molecule has 0 fully saturated rings. The van der Waals surface area contributed by atoms with Gasteiger partial charge in [0, 0.05) is 27.5 Å². The number of nitrogen functional groups attached to an aromatic ring is 2. The molecule has 5 aromatic rings. The van der Waals surface area contributed by atoms with Crippen molar-refractivity contribution in [3.63, 3.8) is 0 Å². The lowest BCUT2D eigenvalue weighted by atomic mass is 9.93. The lowest BCUT2D eigenvalue weighted by molar-refractivity contribution is 0.673. The van der Waals surface area contributed by atoms with Crippen LogP contribution in [0.3, 0.4) is 0 Å². The van der Waals surface area contributed by atoms with Gasteiger partial charge in [-0.1, -0.05) is 54.6 Å². The number of rotatable bonds is 0. The number of anilines is 2. The number of aromatic nitrogens is 2. The van der Waals surface area contributed by atoms with E-state index < -0.39 is 0 Å². The smallest absolute Gasteiger partial charge is 0.0730 e. The minimum Gasteiger partial charge on any atom is -0.398 e. The number of para-hydroxylation sites is 3. The van der Waals surface area contributed by atoms with Gasteiger partial charge in [0.2, 0.25) is 0 Å². The molecular weight excluding hydrogens is 368 g/mol. The molecule has 0 atom stereocenters. The zero-order valence-corrected chi connectivity index (χ0v) is 16.8. The molecule has 2 aromatic heterocycles. The van der Waals surface area contributed by atoms with Crippen LogP contribution >= 0.6 is 0 Å². The second-order valence-corrected chi connectivity index (χ2v) is 7.73. The van der Waals surface area contributed by atoms with Crippen molar-refractivity contribution in [2.45, 2.75) is 25.7 Å². The summed E-state index contributed by atoms with van der Waals surface area (Å²) in [5.74, 6) is 0. The van der Waals surface area contributed by atoms with E-state index in [9.17, 15) is 0 Å². The molecule has 4 heteroatoms. The molecule has 0 radical (unpaired) electrons. The highest BCUT2D eigenvalue weighted by atomic mass is 14.7. The molecule has 4 nitrogen and oxygen atoms in total. The zero-order chi connectivity index (χ0) is 20.5. The van der Waals surface area contributed by atoms with Crippen molar-refractivity contribution in [1.82, 2.24) is 9.97 Å². The summed E-state index contributed by atoms with van der Waals surface area (Å²) in [4.78, 5) is 9.26. The first-order valence-electron chi connectivity index (χ1n) is 10.4. The van der Waals surface area contributed by atoms with E-state index >= 15 is 0 Å². The van der Waals surface area contributed by atoms with E-state index in [-0.39, 0.29) is 0 Å². The van der Waals surface area contributed by atoms with Crippen LogP contribution in [-0.2, 0) is 12.8 Å². The molecular formula is C26H24N4. The highest BCUT2D eigenvalue weighted by molar-refractivity contribution is 6.06. The largest absolute Gasteiger partial charge is 0.398 e. The van der Waals surface area contributed by atoms with Gasteiger partial charge in [-0.25, -0.2) is 4.98 Å². The molecule has 0 unspecified atom stereocenters. The predicted molar refractivity (Wildman–Crippen MR) is 126 cm³/mol. The van der Waals surface area contributed by atoms with Crippen LogP contribution < -0.4 is 11.5 Å². The fourth-order valence-electron chi connectivity index (χ4n) is 4.28. The summed E-state index contributed by atoms with van der Waals surface area (Å²) in [7, 11) is 0. The first-order valence-corrected chi connectivity index (χ1v) is 10.4. The minimum absolute atomic E-state index is 0.816. The maximum absolute atomic E-state index is 6.20. The zero-order valence-electron chi connectivity index (χ0n) is 16.8. The Bertz CT molecular complexity index is 1320. The van der Waals surface area contributed by atoms with Crippen LogP contribution in [-0.4, -0.2) is 9.97 Å². The van der Waals surface area contributed by atoms with E-state index in [0.29, 0.717) is 0 Å². The van der Waals surface area contributed by atoms with Crippen LogP contribution in [0.4, 0.5) is 11.4 Å². The molecule has 0 bridgehead atoms. The van der Waals surface area contributed by atoms with Crippen LogP contribution in [0.25, 0.3) is 32.7 Å². The topological polar surface area (TPSA) is 77.8 Å². The van der Waals surface area contributed by atoms with Gasteiger partial charge >= 0.3 is 0 Å². The Balaban J connectivity index is 0.000000128. The summed E-state index contributed by atoms with van der Waals surface area (Å²) in [5.41, 5.74) is 19.5. The molecule has 1 aliphatic carbocycles. The van der Waals surface area contributed by atoms with E-state index in [1.165, 1.54) is 24.1 Å². The summed E-state index contributed by atoms with van der Waals surface area (Å²) in [6.07, 6.45) is 4.68. The molecule has 4 N–H and O–H groups in total. The molecule has 3 aromatic carbocycles. The van der Waals surface area contributed by atoms with Crippen LogP contribution in [0.2, 0.25) is 0 Å². The first kappa shape index (κ1) is 18.4. The Kier molecular flexibility index (Phi) is 4.68. The predicted octanol–water partition coefficient (Wildman–Crippen LogP) is 5.67. The van der Waals surface area contributed by atoms with Crippen LogP contribution in [0.15, 0.2) is 72.8 Å². The van der Waals surface area contributed by atoms with E-state index in [1.807, 2.05) is 66.7 Å². The van der Waals surface area contributed by atoms with Gasteiger partial charge in [0.05, 0.1) is 22.2 Å². The van der Waals surface area contributed by atoms with Crippen molar-refractivity contribution in [2.75, 3.05) is 11.5 Å². The molecule has 0 saturated carbocycles. The maximum atomic E-state index is 6.20. The summed E-state index contributed by atoms with van der Waals surface area (Å²) < 4.78 is 0. The molecule has 0 aliphatic heterocycles.